The van der Waals surface area contributed by atoms with Crippen molar-refractivity contribution < 1.29 is 4.74 Å². The summed E-state index contributed by atoms with van der Waals surface area (Å²) in [6.07, 6.45) is 1.87. The van der Waals surface area contributed by atoms with Gasteiger partial charge in [-0.1, -0.05) is 36.4 Å². The van der Waals surface area contributed by atoms with Crippen LogP contribution in [0.4, 0.5) is 5.69 Å². The van der Waals surface area contributed by atoms with E-state index in [4.69, 9.17) is 9.72 Å². The highest BCUT2D eigenvalue weighted by molar-refractivity contribution is 7.21. The lowest BCUT2D eigenvalue weighted by molar-refractivity contribution is 0.306. The lowest BCUT2D eigenvalue weighted by atomic mass is 10.2. The first-order chi connectivity index (χ1) is 15.7. The van der Waals surface area contributed by atoms with Crippen LogP contribution in [-0.2, 0) is 6.61 Å². The summed E-state index contributed by atoms with van der Waals surface area (Å²) >= 11 is 1.72. The lowest BCUT2D eigenvalue weighted by Gasteiger charge is -2.06. The van der Waals surface area contributed by atoms with Gasteiger partial charge in [0.15, 0.2) is 0 Å². The van der Waals surface area contributed by atoms with Crippen molar-refractivity contribution in [2.45, 2.75) is 13.5 Å². The first kappa shape index (κ1) is 20.2. The monoisotopic (exact) mass is 434 g/mol. The van der Waals surface area contributed by atoms with Gasteiger partial charge in [-0.25, -0.2) is 4.98 Å². The van der Waals surface area contributed by atoms with E-state index in [0.29, 0.717) is 6.61 Å². The molecule has 0 unspecified atom stereocenters. The molecule has 0 saturated carbocycles. The molecule has 0 aliphatic carbocycles. The zero-order chi connectivity index (χ0) is 21.8. The van der Waals surface area contributed by atoms with Gasteiger partial charge in [0.25, 0.3) is 0 Å². The summed E-state index contributed by atoms with van der Waals surface area (Å²) < 4.78 is 7.06. The molecule has 0 fully saturated rings. The molecule has 3 nitrogen and oxygen atoms in total. The molecule has 156 valence electrons. The first-order valence-corrected chi connectivity index (χ1v) is 11.3. The molecule has 1 heterocycles. The fourth-order valence-corrected chi connectivity index (χ4v) is 4.45. The molecule has 5 aromatic rings. The van der Waals surface area contributed by atoms with Crippen LogP contribution in [0.3, 0.4) is 0 Å². The summed E-state index contributed by atoms with van der Waals surface area (Å²) in [6.45, 7) is 2.67. The molecule has 0 aliphatic heterocycles. The number of benzene rings is 4. The molecule has 4 heteroatoms. The minimum Gasteiger partial charge on any atom is -0.489 e. The second kappa shape index (κ2) is 9.16. The second-order valence-electron chi connectivity index (χ2n) is 7.64. The Labute approximate surface area is 191 Å². The Bertz CT molecular complexity index is 1350. The molecule has 0 spiro atoms. The summed E-state index contributed by atoms with van der Waals surface area (Å²) in [5, 5.41) is 1.03. The Kier molecular flexibility index (Phi) is 5.77. The molecule has 0 radical (unpaired) electrons. The number of ether oxygens (including phenoxy) is 1. The number of aliphatic imine (C=N–C) groups is 1. The van der Waals surface area contributed by atoms with Crippen LogP contribution in [0.2, 0.25) is 0 Å². The van der Waals surface area contributed by atoms with Crippen LogP contribution in [0.5, 0.6) is 5.75 Å². The SMILES string of the molecule is Cc1ccc2nc(-c3ccc(N=Cc4ccc(OCc5ccccc5)cc4)cc3)sc2c1. The molecule has 32 heavy (non-hydrogen) atoms. The number of thiazole rings is 1. The third kappa shape index (κ3) is 4.76. The number of nitrogens with zero attached hydrogens (tertiary/aromatic N) is 2. The summed E-state index contributed by atoms with van der Waals surface area (Å²) in [5.41, 5.74) is 6.52. The molecule has 4 aromatic carbocycles. The predicted octanol–water partition coefficient (Wildman–Crippen LogP) is 7.60. The van der Waals surface area contributed by atoms with Crippen LogP contribution in [0.25, 0.3) is 20.8 Å². The molecule has 1 aromatic heterocycles. The van der Waals surface area contributed by atoms with Crippen molar-refractivity contribution in [1.29, 1.82) is 0 Å². The van der Waals surface area contributed by atoms with Crippen LogP contribution in [0.15, 0.2) is 102 Å². The summed E-state index contributed by atoms with van der Waals surface area (Å²) in [4.78, 5) is 9.36. The van der Waals surface area contributed by atoms with Gasteiger partial charge in [0.1, 0.15) is 17.4 Å². The van der Waals surface area contributed by atoms with Crippen LogP contribution in [-0.4, -0.2) is 11.2 Å². The van der Waals surface area contributed by atoms with E-state index in [0.717, 1.165) is 38.7 Å². The smallest absolute Gasteiger partial charge is 0.124 e. The molecule has 0 atom stereocenters. The zero-order valence-electron chi connectivity index (χ0n) is 17.7. The molecule has 5 rings (SSSR count). The largest absolute Gasteiger partial charge is 0.489 e. The minimum absolute atomic E-state index is 0.564. The van der Waals surface area contributed by atoms with E-state index in [2.05, 4.69) is 54.4 Å². The van der Waals surface area contributed by atoms with Crippen LogP contribution >= 0.6 is 11.3 Å². The van der Waals surface area contributed by atoms with E-state index in [-0.39, 0.29) is 0 Å². The van der Waals surface area contributed by atoms with Gasteiger partial charge >= 0.3 is 0 Å². The number of rotatable bonds is 6. The van der Waals surface area contributed by atoms with Gasteiger partial charge in [0.2, 0.25) is 0 Å². The maximum Gasteiger partial charge on any atom is 0.124 e. The Morgan fingerprint density at radius 2 is 1.66 bits per heavy atom. The van der Waals surface area contributed by atoms with Crippen molar-refractivity contribution in [3.63, 3.8) is 0 Å². The van der Waals surface area contributed by atoms with Crippen LogP contribution in [0.1, 0.15) is 16.7 Å². The number of fused-ring (bicyclic) bond motifs is 1. The van der Waals surface area contributed by atoms with Crippen LogP contribution in [0, 0.1) is 6.92 Å². The Hall–Kier alpha value is -3.76. The van der Waals surface area contributed by atoms with Crippen molar-refractivity contribution in [3.05, 3.63) is 114 Å². The molecule has 0 bridgehead atoms. The average Bonchev–Trinajstić information content (AvgIpc) is 3.26. The number of aryl methyl sites for hydroxylation is 1. The Balaban J connectivity index is 1.23. The van der Waals surface area contributed by atoms with E-state index in [1.54, 1.807) is 11.3 Å². The molecule has 0 amide bonds. The van der Waals surface area contributed by atoms with Gasteiger partial charge in [0, 0.05) is 11.8 Å². The number of aromatic nitrogens is 1. The van der Waals surface area contributed by atoms with Crippen molar-refractivity contribution in [1.82, 2.24) is 4.98 Å². The molecule has 0 N–H and O–H groups in total. The van der Waals surface area contributed by atoms with E-state index in [9.17, 15) is 0 Å². The van der Waals surface area contributed by atoms with E-state index in [1.165, 1.54) is 10.3 Å². The van der Waals surface area contributed by atoms with Gasteiger partial charge in [-0.15, -0.1) is 11.3 Å². The van der Waals surface area contributed by atoms with Crippen LogP contribution < -0.4 is 4.74 Å². The minimum atomic E-state index is 0.564. The molecule has 0 aliphatic rings. The van der Waals surface area contributed by atoms with E-state index in [1.807, 2.05) is 60.8 Å². The van der Waals surface area contributed by atoms with Gasteiger partial charge in [-0.3, -0.25) is 4.99 Å². The topological polar surface area (TPSA) is 34.5 Å². The average molecular weight is 435 g/mol. The third-order valence-corrected chi connectivity index (χ3v) is 6.22. The summed E-state index contributed by atoms with van der Waals surface area (Å²) in [7, 11) is 0. The normalized spacial score (nSPS) is 11.3. The third-order valence-electron chi connectivity index (χ3n) is 5.15. The maximum atomic E-state index is 5.84. The summed E-state index contributed by atoms with van der Waals surface area (Å²) in [5.74, 6) is 0.849. The molecular formula is C28H22N2OS. The maximum absolute atomic E-state index is 5.84. The second-order valence-corrected chi connectivity index (χ2v) is 8.67. The van der Waals surface area contributed by atoms with Gasteiger partial charge in [-0.2, -0.15) is 0 Å². The van der Waals surface area contributed by atoms with Gasteiger partial charge in [0.05, 0.1) is 15.9 Å². The first-order valence-electron chi connectivity index (χ1n) is 10.5. The Morgan fingerprint density at radius 1 is 0.875 bits per heavy atom. The van der Waals surface area contributed by atoms with Crippen molar-refractivity contribution in [3.8, 4) is 16.3 Å². The standard InChI is InChI=1S/C28H22N2OS/c1-20-7-16-26-27(17-20)32-28(30-26)23-10-12-24(13-11-23)29-18-21-8-14-25(15-9-21)31-19-22-5-3-2-4-6-22/h2-18H,19H2,1H3. The highest BCUT2D eigenvalue weighted by atomic mass is 32.1. The van der Waals surface area contributed by atoms with E-state index < -0.39 is 0 Å². The predicted molar refractivity (Wildman–Crippen MR) is 134 cm³/mol. The summed E-state index contributed by atoms with van der Waals surface area (Å²) in [6, 6.07) is 32.7. The van der Waals surface area contributed by atoms with E-state index >= 15 is 0 Å². The highest BCUT2D eigenvalue weighted by Gasteiger charge is 2.06. The Morgan fingerprint density at radius 3 is 2.44 bits per heavy atom. The highest BCUT2D eigenvalue weighted by Crippen LogP contribution is 2.31. The fraction of sp³-hybridized carbons (Fsp3) is 0.0714. The van der Waals surface area contributed by atoms with Crippen molar-refractivity contribution >= 4 is 33.5 Å². The van der Waals surface area contributed by atoms with Gasteiger partial charge in [-0.05, 0) is 84.3 Å². The fourth-order valence-electron chi connectivity index (χ4n) is 3.39. The van der Waals surface area contributed by atoms with Gasteiger partial charge < -0.3 is 4.74 Å². The zero-order valence-corrected chi connectivity index (χ0v) is 18.5. The van der Waals surface area contributed by atoms with Crippen molar-refractivity contribution in [2.75, 3.05) is 0 Å². The quantitative estimate of drug-likeness (QED) is 0.258. The molecule has 0 saturated heterocycles. The number of hydrogen-bond acceptors (Lipinski definition) is 4. The molecular weight excluding hydrogens is 412 g/mol. The number of hydrogen-bond donors (Lipinski definition) is 0. The lowest BCUT2D eigenvalue weighted by Crippen LogP contribution is -1.94. The van der Waals surface area contributed by atoms with Crippen molar-refractivity contribution in [2.24, 2.45) is 4.99 Å².